The molecule has 3 aromatic rings. The predicted octanol–water partition coefficient (Wildman–Crippen LogP) is 2.91. The Balaban J connectivity index is 0.000000161. The predicted molar refractivity (Wildman–Crippen MR) is 102 cm³/mol. The Morgan fingerprint density at radius 2 is 1.71 bits per heavy atom. The van der Waals surface area contributed by atoms with Crippen LogP contribution in [0.4, 0.5) is 0 Å². The lowest BCUT2D eigenvalue weighted by Gasteiger charge is -2.15. The zero-order valence-corrected chi connectivity index (χ0v) is 16.1. The second-order valence-corrected chi connectivity index (χ2v) is 6.20. The Morgan fingerprint density at radius 1 is 1.00 bits per heavy atom. The highest BCUT2D eigenvalue weighted by atomic mass is 16.5. The van der Waals surface area contributed by atoms with Gasteiger partial charge in [0.05, 0.1) is 24.9 Å². The number of esters is 2. The van der Waals surface area contributed by atoms with Crippen molar-refractivity contribution in [1.82, 2.24) is 18.9 Å². The number of hydrogen-bond acceptors (Lipinski definition) is 6. The fourth-order valence-corrected chi connectivity index (χ4v) is 3.09. The number of rotatable bonds is 4. The standard InChI is InChI=1S/C10H14N2O2.C10H10N2O2/c2*1-2-14-10(13)9-11-7-8-5-3-4-6-12(8)9/h7H,2-6H2,1H3;3-7H,2H2,1H3. The molecule has 1 aliphatic rings. The van der Waals surface area contributed by atoms with Gasteiger partial charge in [0.25, 0.3) is 0 Å². The van der Waals surface area contributed by atoms with Crippen molar-refractivity contribution in [3.63, 3.8) is 0 Å². The Bertz CT molecular complexity index is 960. The molecule has 0 saturated heterocycles. The Morgan fingerprint density at radius 3 is 2.46 bits per heavy atom. The molecule has 1 aliphatic heterocycles. The van der Waals surface area contributed by atoms with Crippen molar-refractivity contribution in [1.29, 1.82) is 0 Å². The normalized spacial score (nSPS) is 12.6. The fraction of sp³-hybridized carbons (Fsp3) is 0.400. The van der Waals surface area contributed by atoms with Crippen molar-refractivity contribution in [2.45, 2.75) is 39.7 Å². The van der Waals surface area contributed by atoms with Crippen molar-refractivity contribution in [3.05, 3.63) is 54.1 Å². The van der Waals surface area contributed by atoms with Gasteiger partial charge >= 0.3 is 11.9 Å². The van der Waals surface area contributed by atoms with Crippen molar-refractivity contribution in [2.75, 3.05) is 13.2 Å². The number of carbonyl (C=O) groups excluding carboxylic acids is 2. The molecule has 0 radical (unpaired) electrons. The number of pyridine rings is 1. The maximum absolute atomic E-state index is 11.5. The number of hydrogen-bond donors (Lipinski definition) is 0. The van der Waals surface area contributed by atoms with Gasteiger partial charge < -0.3 is 14.0 Å². The van der Waals surface area contributed by atoms with Crippen LogP contribution in [-0.2, 0) is 22.4 Å². The molecule has 0 aromatic carbocycles. The van der Waals surface area contributed by atoms with E-state index in [2.05, 4.69) is 9.97 Å². The Kier molecular flexibility index (Phi) is 6.41. The summed E-state index contributed by atoms with van der Waals surface area (Å²) in [5.41, 5.74) is 2.04. The molecule has 148 valence electrons. The minimum atomic E-state index is -0.390. The third-order valence-corrected chi connectivity index (χ3v) is 4.36. The van der Waals surface area contributed by atoms with Gasteiger partial charge in [-0.1, -0.05) is 6.07 Å². The number of aromatic nitrogens is 4. The van der Waals surface area contributed by atoms with Crippen molar-refractivity contribution < 1.29 is 19.1 Å². The summed E-state index contributed by atoms with van der Waals surface area (Å²) in [5.74, 6) is 0.0864. The second kappa shape index (κ2) is 9.16. The molecule has 0 spiro atoms. The van der Waals surface area contributed by atoms with Gasteiger partial charge in [0, 0.05) is 24.6 Å². The number of imidazole rings is 2. The molecule has 0 fully saturated rings. The SMILES string of the molecule is CCOC(=O)c1ncc2ccccn12.CCOC(=O)c1ncc2n1CCCC2. The van der Waals surface area contributed by atoms with E-state index in [0.717, 1.165) is 30.6 Å². The highest BCUT2D eigenvalue weighted by Crippen LogP contribution is 2.16. The van der Waals surface area contributed by atoms with Crippen LogP contribution in [0.1, 0.15) is 53.6 Å². The number of fused-ring (bicyclic) bond motifs is 2. The third kappa shape index (κ3) is 4.21. The van der Waals surface area contributed by atoms with E-state index in [1.165, 1.54) is 6.42 Å². The van der Waals surface area contributed by atoms with E-state index in [1.54, 1.807) is 36.8 Å². The van der Waals surface area contributed by atoms with E-state index in [1.807, 2.05) is 22.8 Å². The van der Waals surface area contributed by atoms with Gasteiger partial charge in [-0.15, -0.1) is 0 Å². The van der Waals surface area contributed by atoms with E-state index in [-0.39, 0.29) is 5.97 Å². The van der Waals surface area contributed by atoms with Gasteiger partial charge in [-0.3, -0.25) is 4.40 Å². The third-order valence-electron chi connectivity index (χ3n) is 4.36. The van der Waals surface area contributed by atoms with Crippen LogP contribution in [0.15, 0.2) is 36.8 Å². The Labute approximate surface area is 163 Å². The summed E-state index contributed by atoms with van der Waals surface area (Å²) >= 11 is 0. The first kappa shape index (κ1) is 19.6. The van der Waals surface area contributed by atoms with Crippen LogP contribution in [-0.4, -0.2) is 44.1 Å². The first-order chi connectivity index (χ1) is 13.7. The first-order valence-electron chi connectivity index (χ1n) is 9.46. The average molecular weight is 384 g/mol. The van der Waals surface area contributed by atoms with Crippen molar-refractivity contribution in [3.8, 4) is 0 Å². The molecular weight excluding hydrogens is 360 g/mol. The van der Waals surface area contributed by atoms with Gasteiger partial charge in [0.2, 0.25) is 11.6 Å². The van der Waals surface area contributed by atoms with E-state index in [0.29, 0.717) is 24.9 Å². The molecule has 0 bridgehead atoms. The molecule has 0 atom stereocenters. The first-order valence-corrected chi connectivity index (χ1v) is 9.46. The molecule has 3 aromatic heterocycles. The summed E-state index contributed by atoms with van der Waals surface area (Å²) in [6.45, 7) is 5.23. The van der Waals surface area contributed by atoms with Crippen LogP contribution >= 0.6 is 0 Å². The molecule has 0 amide bonds. The lowest BCUT2D eigenvalue weighted by atomic mass is 10.1. The average Bonchev–Trinajstić information content (AvgIpc) is 3.33. The number of nitrogens with zero attached hydrogens (tertiary/aromatic N) is 4. The van der Waals surface area contributed by atoms with E-state index in [4.69, 9.17) is 9.47 Å². The minimum absolute atomic E-state index is 0.305. The second-order valence-electron chi connectivity index (χ2n) is 6.20. The van der Waals surface area contributed by atoms with Crippen LogP contribution in [0.5, 0.6) is 0 Å². The summed E-state index contributed by atoms with van der Waals surface area (Å²) in [6.07, 6.45) is 8.54. The zero-order valence-electron chi connectivity index (χ0n) is 16.1. The van der Waals surface area contributed by atoms with Gasteiger partial charge in [-0.2, -0.15) is 0 Å². The number of ether oxygens (including phenoxy) is 2. The van der Waals surface area contributed by atoms with Crippen LogP contribution in [0.3, 0.4) is 0 Å². The van der Waals surface area contributed by atoms with E-state index in [9.17, 15) is 9.59 Å². The molecule has 0 aliphatic carbocycles. The van der Waals surface area contributed by atoms with Crippen LogP contribution < -0.4 is 0 Å². The maximum Gasteiger partial charge on any atom is 0.374 e. The molecule has 8 nitrogen and oxygen atoms in total. The lowest BCUT2D eigenvalue weighted by Crippen LogP contribution is -2.17. The van der Waals surface area contributed by atoms with Crippen molar-refractivity contribution in [2.24, 2.45) is 0 Å². The molecular formula is C20H24N4O4. The highest BCUT2D eigenvalue weighted by Gasteiger charge is 2.19. The summed E-state index contributed by atoms with van der Waals surface area (Å²) in [4.78, 5) is 31.0. The topological polar surface area (TPSA) is 87.7 Å². The van der Waals surface area contributed by atoms with Gasteiger partial charge in [0.15, 0.2) is 0 Å². The van der Waals surface area contributed by atoms with Crippen molar-refractivity contribution >= 4 is 17.5 Å². The summed E-state index contributed by atoms with van der Waals surface area (Å²) in [7, 11) is 0. The van der Waals surface area contributed by atoms with Gasteiger partial charge in [0.1, 0.15) is 0 Å². The molecule has 28 heavy (non-hydrogen) atoms. The molecule has 8 heteroatoms. The summed E-state index contributed by atoms with van der Waals surface area (Å²) < 4.78 is 13.5. The van der Waals surface area contributed by atoms with Crippen LogP contribution in [0, 0.1) is 0 Å². The summed E-state index contributed by atoms with van der Waals surface area (Å²) in [6, 6.07) is 5.62. The number of carbonyl (C=O) groups is 2. The van der Waals surface area contributed by atoms with Crippen LogP contribution in [0.25, 0.3) is 5.52 Å². The minimum Gasteiger partial charge on any atom is -0.460 e. The molecule has 4 heterocycles. The largest absolute Gasteiger partial charge is 0.460 e. The highest BCUT2D eigenvalue weighted by molar-refractivity contribution is 5.87. The quantitative estimate of drug-likeness (QED) is 0.643. The summed E-state index contributed by atoms with van der Waals surface area (Å²) in [5, 5.41) is 0. The maximum atomic E-state index is 11.5. The smallest absolute Gasteiger partial charge is 0.374 e. The van der Waals surface area contributed by atoms with E-state index >= 15 is 0 Å². The Hall–Kier alpha value is -3.16. The number of aryl methyl sites for hydroxylation is 1. The van der Waals surface area contributed by atoms with Gasteiger partial charge in [-0.05, 0) is 45.2 Å². The monoisotopic (exact) mass is 384 g/mol. The van der Waals surface area contributed by atoms with Crippen LogP contribution in [0.2, 0.25) is 0 Å². The van der Waals surface area contributed by atoms with Gasteiger partial charge in [-0.25, -0.2) is 19.6 Å². The zero-order chi connectivity index (χ0) is 19.9. The molecule has 0 N–H and O–H groups in total. The van der Waals surface area contributed by atoms with E-state index < -0.39 is 5.97 Å². The lowest BCUT2D eigenvalue weighted by molar-refractivity contribution is 0.0498. The molecule has 0 unspecified atom stereocenters. The fourth-order valence-electron chi connectivity index (χ4n) is 3.09. The molecule has 0 saturated carbocycles. The molecule has 4 rings (SSSR count).